The number of nitrogens with one attached hydrogen (secondary N) is 1. The number of carbonyl (C=O) groups excluding carboxylic acids is 2. The van der Waals surface area contributed by atoms with Crippen LogP contribution in [0.15, 0.2) is 30.8 Å². The Bertz CT molecular complexity index is 777. The van der Waals surface area contributed by atoms with Crippen LogP contribution in [-0.2, 0) is 11.2 Å². The number of anilines is 1. The molecule has 3 rings (SSSR count). The molecule has 2 aromatic rings. The van der Waals surface area contributed by atoms with Crippen molar-refractivity contribution in [1.29, 1.82) is 0 Å². The maximum absolute atomic E-state index is 12.4. The van der Waals surface area contributed by atoms with E-state index in [0.717, 1.165) is 17.0 Å². The summed E-state index contributed by atoms with van der Waals surface area (Å²) in [6.07, 6.45) is 0.824. The predicted octanol–water partition coefficient (Wildman–Crippen LogP) is 2.80. The molecular weight excluding hydrogens is 324 g/mol. The molecule has 24 heavy (non-hydrogen) atoms. The molecule has 0 fully saturated rings. The van der Waals surface area contributed by atoms with Crippen LogP contribution in [0.25, 0.3) is 5.70 Å². The zero-order valence-electron chi connectivity index (χ0n) is 13.6. The molecule has 1 aromatic carbocycles. The van der Waals surface area contributed by atoms with Crippen LogP contribution in [0.2, 0.25) is 0 Å². The average Bonchev–Trinajstić information content (AvgIpc) is 3.05. The fourth-order valence-corrected chi connectivity index (χ4v) is 3.51. The van der Waals surface area contributed by atoms with Crippen molar-refractivity contribution in [2.45, 2.75) is 20.3 Å². The Morgan fingerprint density at radius 2 is 2.00 bits per heavy atom. The van der Waals surface area contributed by atoms with E-state index in [1.807, 2.05) is 12.1 Å². The molecule has 1 aromatic heterocycles. The van der Waals surface area contributed by atoms with E-state index in [9.17, 15) is 9.59 Å². The van der Waals surface area contributed by atoms with Crippen LogP contribution in [0.3, 0.4) is 0 Å². The van der Waals surface area contributed by atoms with Crippen LogP contribution in [0.4, 0.5) is 5.13 Å². The maximum Gasteiger partial charge on any atom is 0.259 e. The third kappa shape index (κ3) is 3.21. The summed E-state index contributed by atoms with van der Waals surface area (Å²) in [6, 6.07) is 7.21. The molecule has 0 atom stereocenters. The van der Waals surface area contributed by atoms with Crippen LogP contribution in [0.5, 0.6) is 0 Å². The highest BCUT2D eigenvalue weighted by molar-refractivity contribution is 7.15. The minimum Gasteiger partial charge on any atom is -0.299 e. The summed E-state index contributed by atoms with van der Waals surface area (Å²) in [5.41, 5.74) is 1.89. The summed E-state index contributed by atoms with van der Waals surface area (Å²) < 4.78 is 0. The molecule has 2 heterocycles. The highest BCUT2D eigenvalue weighted by Gasteiger charge is 2.31. The minimum absolute atomic E-state index is 0.0918. The number of fused-ring (bicyclic) bond motifs is 1. The van der Waals surface area contributed by atoms with Crippen molar-refractivity contribution < 1.29 is 9.59 Å². The Hall–Kier alpha value is -2.54. The van der Waals surface area contributed by atoms with Crippen LogP contribution >= 0.6 is 11.3 Å². The monoisotopic (exact) mass is 342 g/mol. The zero-order valence-corrected chi connectivity index (χ0v) is 14.4. The van der Waals surface area contributed by atoms with Crippen LogP contribution in [-0.4, -0.2) is 33.5 Å². The SMILES string of the molecule is C=C1c2ccccc2C(=O)N1CC(=O)Nc1nnc(CC(C)C)s1. The van der Waals surface area contributed by atoms with E-state index in [2.05, 4.69) is 35.9 Å². The van der Waals surface area contributed by atoms with Crippen molar-refractivity contribution in [3.63, 3.8) is 0 Å². The molecule has 1 N–H and O–H groups in total. The van der Waals surface area contributed by atoms with E-state index in [4.69, 9.17) is 0 Å². The second kappa shape index (κ2) is 6.52. The molecule has 7 heteroatoms. The molecule has 0 saturated heterocycles. The lowest BCUT2D eigenvalue weighted by Crippen LogP contribution is -2.32. The van der Waals surface area contributed by atoms with Crippen molar-refractivity contribution in [1.82, 2.24) is 15.1 Å². The largest absolute Gasteiger partial charge is 0.299 e. The molecule has 0 radical (unpaired) electrons. The molecule has 124 valence electrons. The number of aromatic nitrogens is 2. The summed E-state index contributed by atoms with van der Waals surface area (Å²) in [5, 5.41) is 12.1. The maximum atomic E-state index is 12.4. The number of nitrogens with zero attached hydrogens (tertiary/aromatic N) is 3. The highest BCUT2D eigenvalue weighted by Crippen LogP contribution is 2.30. The number of amides is 2. The zero-order chi connectivity index (χ0) is 17.3. The van der Waals surface area contributed by atoms with Gasteiger partial charge in [-0.1, -0.05) is 50.0 Å². The first-order chi connectivity index (χ1) is 11.5. The van der Waals surface area contributed by atoms with E-state index < -0.39 is 0 Å². The van der Waals surface area contributed by atoms with Crippen molar-refractivity contribution in [3.05, 3.63) is 47.0 Å². The van der Waals surface area contributed by atoms with Crippen LogP contribution in [0.1, 0.15) is 34.8 Å². The first-order valence-electron chi connectivity index (χ1n) is 7.68. The van der Waals surface area contributed by atoms with Gasteiger partial charge in [-0.3, -0.25) is 19.8 Å². The summed E-state index contributed by atoms with van der Waals surface area (Å²) in [4.78, 5) is 26.0. The molecular formula is C17H18N4O2S. The quantitative estimate of drug-likeness (QED) is 0.906. The van der Waals surface area contributed by atoms with Crippen LogP contribution < -0.4 is 5.32 Å². The van der Waals surface area contributed by atoms with Gasteiger partial charge in [0.15, 0.2) is 0 Å². The number of benzene rings is 1. The lowest BCUT2D eigenvalue weighted by atomic mass is 10.1. The Kier molecular flexibility index (Phi) is 4.44. The van der Waals surface area contributed by atoms with Gasteiger partial charge in [-0.25, -0.2) is 0 Å². The predicted molar refractivity (Wildman–Crippen MR) is 93.6 cm³/mol. The van der Waals surface area contributed by atoms with Crippen molar-refractivity contribution in [2.24, 2.45) is 5.92 Å². The molecule has 1 aliphatic rings. The highest BCUT2D eigenvalue weighted by atomic mass is 32.1. The summed E-state index contributed by atoms with van der Waals surface area (Å²) in [6.45, 7) is 8.03. The summed E-state index contributed by atoms with van der Waals surface area (Å²) in [5.74, 6) is -0.0429. The molecule has 1 aliphatic heterocycles. The van der Waals surface area contributed by atoms with E-state index in [1.165, 1.54) is 16.2 Å². The van der Waals surface area contributed by atoms with E-state index in [-0.39, 0.29) is 18.4 Å². The Morgan fingerprint density at radius 1 is 1.29 bits per heavy atom. The molecule has 6 nitrogen and oxygen atoms in total. The molecule has 0 unspecified atom stereocenters. The van der Waals surface area contributed by atoms with Gasteiger partial charge >= 0.3 is 0 Å². The van der Waals surface area contributed by atoms with E-state index in [0.29, 0.717) is 22.3 Å². The number of rotatable bonds is 5. The Morgan fingerprint density at radius 3 is 2.67 bits per heavy atom. The number of hydrogen-bond acceptors (Lipinski definition) is 5. The van der Waals surface area contributed by atoms with Gasteiger partial charge < -0.3 is 0 Å². The average molecular weight is 342 g/mol. The third-order valence-corrected chi connectivity index (χ3v) is 4.50. The van der Waals surface area contributed by atoms with Crippen molar-refractivity contribution >= 4 is 34.0 Å². The first-order valence-corrected chi connectivity index (χ1v) is 8.49. The Labute approximate surface area is 144 Å². The number of carbonyl (C=O) groups is 2. The number of hydrogen-bond donors (Lipinski definition) is 1. The summed E-state index contributed by atoms with van der Waals surface area (Å²) in [7, 11) is 0. The van der Waals surface area contributed by atoms with Gasteiger partial charge in [-0.05, 0) is 12.0 Å². The fraction of sp³-hybridized carbons (Fsp3) is 0.294. The fourth-order valence-electron chi connectivity index (χ4n) is 2.54. The molecule has 2 amide bonds. The second-order valence-corrected chi connectivity index (χ2v) is 7.09. The second-order valence-electron chi connectivity index (χ2n) is 6.03. The van der Waals surface area contributed by atoms with Gasteiger partial charge in [0.05, 0.1) is 0 Å². The lowest BCUT2D eigenvalue weighted by molar-refractivity contribution is -0.116. The van der Waals surface area contributed by atoms with Gasteiger partial charge in [0.1, 0.15) is 11.6 Å². The minimum atomic E-state index is -0.315. The van der Waals surface area contributed by atoms with Gasteiger partial charge in [0.2, 0.25) is 11.0 Å². The van der Waals surface area contributed by atoms with Gasteiger partial charge in [0, 0.05) is 23.2 Å². The van der Waals surface area contributed by atoms with E-state index >= 15 is 0 Å². The van der Waals surface area contributed by atoms with Crippen LogP contribution in [0, 0.1) is 5.92 Å². The van der Waals surface area contributed by atoms with Crippen molar-refractivity contribution in [3.8, 4) is 0 Å². The summed E-state index contributed by atoms with van der Waals surface area (Å²) >= 11 is 1.36. The van der Waals surface area contributed by atoms with Gasteiger partial charge in [-0.15, -0.1) is 10.2 Å². The molecule has 0 saturated carbocycles. The normalized spacial score (nSPS) is 13.5. The van der Waals surface area contributed by atoms with Crippen molar-refractivity contribution in [2.75, 3.05) is 11.9 Å². The van der Waals surface area contributed by atoms with Gasteiger partial charge in [0.25, 0.3) is 5.91 Å². The molecule has 0 bridgehead atoms. The lowest BCUT2D eigenvalue weighted by Gasteiger charge is -2.16. The Balaban J connectivity index is 1.65. The smallest absolute Gasteiger partial charge is 0.259 e. The topological polar surface area (TPSA) is 75.2 Å². The third-order valence-electron chi connectivity index (χ3n) is 3.64. The van der Waals surface area contributed by atoms with E-state index in [1.54, 1.807) is 12.1 Å². The molecule has 0 aliphatic carbocycles. The van der Waals surface area contributed by atoms with Gasteiger partial charge in [-0.2, -0.15) is 0 Å². The standard InChI is InChI=1S/C17H18N4O2S/c1-10(2)8-15-19-20-17(24-15)18-14(22)9-21-11(3)12-6-4-5-7-13(12)16(21)23/h4-7,10H,3,8-9H2,1-2H3,(H,18,20,22). The first kappa shape index (κ1) is 16.3. The molecule has 0 spiro atoms.